The van der Waals surface area contributed by atoms with Crippen molar-refractivity contribution in [3.05, 3.63) is 35.4 Å². The van der Waals surface area contributed by atoms with Crippen LogP contribution in [0.25, 0.3) is 0 Å². The molecule has 0 saturated heterocycles. The maximum atomic E-state index is 9.79. The Labute approximate surface area is 78.3 Å². The predicted octanol–water partition coefficient (Wildman–Crippen LogP) is 2.26. The molecular formula is C11H13NO. The van der Waals surface area contributed by atoms with Crippen molar-refractivity contribution in [3.8, 4) is 0 Å². The highest BCUT2D eigenvalue weighted by atomic mass is 16.1. The van der Waals surface area contributed by atoms with Crippen molar-refractivity contribution < 1.29 is 4.79 Å². The molecule has 68 valence electrons. The first-order chi connectivity index (χ1) is 6.34. The second kappa shape index (κ2) is 5.28. The molecule has 1 rings (SSSR count). The van der Waals surface area contributed by atoms with Crippen molar-refractivity contribution in [1.82, 2.24) is 0 Å². The third-order valence-corrected chi connectivity index (χ3v) is 2.04. The van der Waals surface area contributed by atoms with E-state index in [1.54, 1.807) is 6.08 Å². The number of isocyanates is 1. The molecule has 0 aliphatic carbocycles. The highest BCUT2D eigenvalue weighted by Crippen LogP contribution is 2.08. The highest BCUT2D eigenvalue weighted by Gasteiger charge is 1.95. The number of benzene rings is 1. The molecule has 0 atom stereocenters. The first kappa shape index (κ1) is 9.69. The molecule has 1 aromatic carbocycles. The second-order valence-electron chi connectivity index (χ2n) is 3.00. The second-order valence-corrected chi connectivity index (χ2v) is 3.00. The average molecular weight is 175 g/mol. The van der Waals surface area contributed by atoms with Crippen molar-refractivity contribution in [2.45, 2.75) is 19.8 Å². The summed E-state index contributed by atoms with van der Waals surface area (Å²) in [5.74, 6) is 0. The van der Waals surface area contributed by atoms with Crippen LogP contribution in [0.15, 0.2) is 29.3 Å². The lowest BCUT2D eigenvalue weighted by molar-refractivity contribution is 0.562. The molecule has 0 bridgehead atoms. The molecular weight excluding hydrogens is 162 g/mol. The number of hydrogen-bond donors (Lipinski definition) is 0. The predicted molar refractivity (Wildman–Crippen MR) is 52.5 cm³/mol. The lowest BCUT2D eigenvalue weighted by Gasteiger charge is -2.02. The number of hydrogen-bond acceptors (Lipinski definition) is 2. The molecule has 0 fully saturated rings. The Hall–Kier alpha value is -1.40. The minimum absolute atomic E-state index is 0.581. The van der Waals surface area contributed by atoms with Gasteiger partial charge < -0.3 is 0 Å². The van der Waals surface area contributed by atoms with E-state index in [-0.39, 0.29) is 0 Å². The van der Waals surface area contributed by atoms with E-state index in [4.69, 9.17) is 0 Å². The maximum absolute atomic E-state index is 9.79. The highest BCUT2D eigenvalue weighted by molar-refractivity contribution is 5.32. The monoisotopic (exact) mass is 175 g/mol. The zero-order valence-corrected chi connectivity index (χ0v) is 7.79. The summed E-state index contributed by atoms with van der Waals surface area (Å²) in [5.41, 5.74) is 2.64. The average Bonchev–Trinajstić information content (AvgIpc) is 2.15. The van der Waals surface area contributed by atoms with Crippen LogP contribution in [-0.4, -0.2) is 12.6 Å². The molecule has 2 nitrogen and oxygen atoms in total. The Balaban J connectivity index is 2.45. The zero-order chi connectivity index (χ0) is 9.52. The molecule has 1 aromatic rings. The van der Waals surface area contributed by atoms with Crippen LogP contribution in [0.3, 0.4) is 0 Å². The van der Waals surface area contributed by atoms with Gasteiger partial charge in [0.25, 0.3) is 0 Å². The van der Waals surface area contributed by atoms with Crippen molar-refractivity contribution >= 4 is 6.08 Å². The Kier molecular flexibility index (Phi) is 3.94. The molecule has 0 aliphatic heterocycles. The van der Waals surface area contributed by atoms with Crippen molar-refractivity contribution in [1.29, 1.82) is 0 Å². The minimum Gasteiger partial charge on any atom is -0.211 e. The van der Waals surface area contributed by atoms with E-state index in [0.29, 0.717) is 6.54 Å². The van der Waals surface area contributed by atoms with Gasteiger partial charge in [0.2, 0.25) is 6.08 Å². The van der Waals surface area contributed by atoms with Gasteiger partial charge in [0.1, 0.15) is 0 Å². The fraction of sp³-hybridized carbons (Fsp3) is 0.364. The van der Waals surface area contributed by atoms with Gasteiger partial charge in [0, 0.05) is 0 Å². The van der Waals surface area contributed by atoms with Crippen LogP contribution in [0.4, 0.5) is 0 Å². The van der Waals surface area contributed by atoms with E-state index in [1.165, 1.54) is 11.1 Å². The summed E-state index contributed by atoms with van der Waals surface area (Å²) < 4.78 is 0. The SMILES string of the molecule is Cc1ccccc1CCCN=C=O. The number of carbonyl (C=O) groups excluding carboxylic acids is 1. The topological polar surface area (TPSA) is 29.4 Å². The maximum Gasteiger partial charge on any atom is 0.234 e. The van der Waals surface area contributed by atoms with Gasteiger partial charge in [0.15, 0.2) is 0 Å². The van der Waals surface area contributed by atoms with E-state index in [0.717, 1.165) is 12.8 Å². The lowest BCUT2D eigenvalue weighted by Crippen LogP contribution is -1.91. The third kappa shape index (κ3) is 3.22. The molecule has 0 N–H and O–H groups in total. The van der Waals surface area contributed by atoms with Gasteiger partial charge in [-0.2, -0.15) is 0 Å². The Morgan fingerprint density at radius 2 is 2.15 bits per heavy atom. The molecule has 0 unspecified atom stereocenters. The van der Waals surface area contributed by atoms with Gasteiger partial charge in [-0.25, -0.2) is 9.79 Å². The Bertz CT molecular complexity index is 314. The van der Waals surface area contributed by atoms with E-state index in [9.17, 15) is 4.79 Å². The number of nitrogens with zero attached hydrogens (tertiary/aromatic N) is 1. The third-order valence-electron chi connectivity index (χ3n) is 2.04. The van der Waals surface area contributed by atoms with Gasteiger partial charge in [-0.15, -0.1) is 0 Å². The fourth-order valence-corrected chi connectivity index (χ4v) is 1.28. The molecule has 2 heteroatoms. The lowest BCUT2D eigenvalue weighted by atomic mass is 10.0. The fourth-order valence-electron chi connectivity index (χ4n) is 1.28. The summed E-state index contributed by atoms with van der Waals surface area (Å²) in [6.45, 7) is 2.68. The quantitative estimate of drug-likeness (QED) is 0.392. The van der Waals surface area contributed by atoms with E-state index < -0.39 is 0 Å². The molecule has 0 radical (unpaired) electrons. The summed E-state index contributed by atoms with van der Waals surface area (Å²) in [4.78, 5) is 13.3. The van der Waals surface area contributed by atoms with E-state index in [1.807, 2.05) is 12.1 Å². The first-order valence-electron chi connectivity index (χ1n) is 4.42. The smallest absolute Gasteiger partial charge is 0.211 e. The van der Waals surface area contributed by atoms with Crippen LogP contribution in [-0.2, 0) is 11.2 Å². The van der Waals surface area contributed by atoms with Crippen LogP contribution < -0.4 is 0 Å². The van der Waals surface area contributed by atoms with Crippen LogP contribution in [0.2, 0.25) is 0 Å². The first-order valence-corrected chi connectivity index (χ1v) is 4.42. The van der Waals surface area contributed by atoms with Gasteiger partial charge in [-0.05, 0) is 30.9 Å². The van der Waals surface area contributed by atoms with Crippen molar-refractivity contribution in [3.63, 3.8) is 0 Å². The summed E-state index contributed by atoms with van der Waals surface area (Å²) in [6, 6.07) is 8.27. The van der Waals surface area contributed by atoms with E-state index >= 15 is 0 Å². The van der Waals surface area contributed by atoms with Crippen molar-refractivity contribution in [2.24, 2.45) is 4.99 Å². The van der Waals surface area contributed by atoms with E-state index in [2.05, 4.69) is 24.0 Å². The molecule has 0 saturated carbocycles. The van der Waals surface area contributed by atoms with Crippen molar-refractivity contribution in [2.75, 3.05) is 6.54 Å². The summed E-state index contributed by atoms with van der Waals surface area (Å²) in [5, 5.41) is 0. The van der Waals surface area contributed by atoms with Gasteiger partial charge in [0.05, 0.1) is 6.54 Å². The zero-order valence-electron chi connectivity index (χ0n) is 7.79. The number of aryl methyl sites for hydroxylation is 2. The van der Waals surface area contributed by atoms with Gasteiger partial charge >= 0.3 is 0 Å². The summed E-state index contributed by atoms with van der Waals surface area (Å²) in [6.07, 6.45) is 3.44. The number of aliphatic imine (C=N–C) groups is 1. The molecule has 0 heterocycles. The molecule has 0 aromatic heterocycles. The van der Waals surface area contributed by atoms with Crippen LogP contribution in [0.1, 0.15) is 17.5 Å². The molecule has 13 heavy (non-hydrogen) atoms. The summed E-state index contributed by atoms with van der Waals surface area (Å²) in [7, 11) is 0. The number of rotatable bonds is 4. The summed E-state index contributed by atoms with van der Waals surface area (Å²) >= 11 is 0. The Morgan fingerprint density at radius 1 is 1.38 bits per heavy atom. The molecule has 0 spiro atoms. The van der Waals surface area contributed by atoms with Crippen LogP contribution in [0.5, 0.6) is 0 Å². The Morgan fingerprint density at radius 3 is 2.85 bits per heavy atom. The minimum atomic E-state index is 0.581. The molecule has 0 amide bonds. The van der Waals surface area contributed by atoms with Crippen LogP contribution in [0, 0.1) is 6.92 Å². The van der Waals surface area contributed by atoms with Crippen LogP contribution >= 0.6 is 0 Å². The van der Waals surface area contributed by atoms with Gasteiger partial charge in [-0.3, -0.25) is 0 Å². The standard InChI is InChI=1S/C11H13NO/c1-10-5-2-3-6-11(10)7-4-8-12-9-13/h2-3,5-6H,4,7-8H2,1H3. The largest absolute Gasteiger partial charge is 0.234 e. The molecule has 0 aliphatic rings. The van der Waals surface area contributed by atoms with Gasteiger partial charge in [-0.1, -0.05) is 24.3 Å². The normalized spacial score (nSPS) is 9.31.